The average molecular weight is 224 g/mol. The molecule has 2 N–H and O–H groups in total. The second-order valence-electron chi connectivity index (χ2n) is 4.79. The largest absolute Gasteiger partial charge is 0.481 e. The second-order valence-corrected chi connectivity index (χ2v) is 4.79. The predicted octanol–water partition coefficient (Wildman–Crippen LogP) is 1.27. The summed E-state index contributed by atoms with van der Waals surface area (Å²) in [5, 5.41) is 9.05. The molecule has 0 aliphatic heterocycles. The minimum atomic E-state index is -1.09. The molecule has 0 radical (unpaired) electrons. The van der Waals surface area contributed by atoms with Crippen molar-refractivity contribution in [1.82, 2.24) is 9.97 Å². The Morgan fingerprint density at radius 3 is 2.50 bits per heavy atom. The zero-order chi connectivity index (χ0) is 12.3. The molecular weight excluding hydrogens is 208 g/mol. The number of ketones is 1. The van der Waals surface area contributed by atoms with Crippen molar-refractivity contribution in [2.24, 2.45) is 11.3 Å². The lowest BCUT2D eigenvalue weighted by Gasteiger charge is -2.21. The number of aliphatic carboxylic acids is 1. The number of aromatic nitrogens is 2. The summed E-state index contributed by atoms with van der Waals surface area (Å²) in [4.78, 5) is 29.6. The molecule has 88 valence electrons. The number of nitrogens with zero attached hydrogens (tertiary/aromatic N) is 1. The molecule has 0 fully saturated rings. The van der Waals surface area contributed by atoms with Gasteiger partial charge in [0.25, 0.3) is 0 Å². The first-order valence-electron chi connectivity index (χ1n) is 5.06. The Kier molecular flexibility index (Phi) is 3.47. The molecule has 5 heteroatoms. The maximum absolute atomic E-state index is 11.9. The summed E-state index contributed by atoms with van der Waals surface area (Å²) in [6.07, 6.45) is 3.16. The SMILES string of the molecule is CC(C)(C)C(=O)C(Cc1cnc[nH]1)C(=O)O. The van der Waals surface area contributed by atoms with Crippen LogP contribution in [-0.2, 0) is 16.0 Å². The van der Waals surface area contributed by atoms with Gasteiger partial charge in [0.2, 0.25) is 0 Å². The Hall–Kier alpha value is -1.65. The zero-order valence-electron chi connectivity index (χ0n) is 9.65. The molecule has 1 unspecified atom stereocenters. The second kappa shape index (κ2) is 4.47. The zero-order valence-corrected chi connectivity index (χ0v) is 9.65. The predicted molar refractivity (Wildman–Crippen MR) is 57.9 cm³/mol. The summed E-state index contributed by atoms with van der Waals surface area (Å²) < 4.78 is 0. The molecule has 1 atom stereocenters. The van der Waals surface area contributed by atoms with Crippen LogP contribution >= 0.6 is 0 Å². The number of imidazole rings is 1. The van der Waals surface area contributed by atoms with Gasteiger partial charge in [0.05, 0.1) is 6.33 Å². The molecule has 0 bridgehead atoms. The van der Waals surface area contributed by atoms with Crippen LogP contribution in [0.25, 0.3) is 0 Å². The normalized spacial score (nSPS) is 13.4. The topological polar surface area (TPSA) is 83.0 Å². The first-order chi connectivity index (χ1) is 7.32. The number of H-pyrrole nitrogens is 1. The van der Waals surface area contributed by atoms with Crippen molar-refractivity contribution < 1.29 is 14.7 Å². The Labute approximate surface area is 93.9 Å². The van der Waals surface area contributed by atoms with Crippen LogP contribution in [0.5, 0.6) is 0 Å². The molecule has 1 rings (SSSR count). The highest BCUT2D eigenvalue weighted by molar-refractivity contribution is 6.01. The van der Waals surface area contributed by atoms with E-state index in [1.54, 1.807) is 20.8 Å². The summed E-state index contributed by atoms with van der Waals surface area (Å²) >= 11 is 0. The molecule has 0 aliphatic rings. The third-order valence-corrected chi connectivity index (χ3v) is 2.33. The van der Waals surface area contributed by atoms with E-state index in [9.17, 15) is 9.59 Å². The number of carboxylic acids is 1. The summed E-state index contributed by atoms with van der Waals surface area (Å²) in [5.74, 6) is -2.37. The van der Waals surface area contributed by atoms with Crippen LogP contribution in [0.15, 0.2) is 12.5 Å². The van der Waals surface area contributed by atoms with Crippen LogP contribution in [0.4, 0.5) is 0 Å². The van der Waals surface area contributed by atoms with E-state index >= 15 is 0 Å². The van der Waals surface area contributed by atoms with Crippen LogP contribution in [0.3, 0.4) is 0 Å². The number of rotatable bonds is 4. The third kappa shape index (κ3) is 2.92. The van der Waals surface area contributed by atoms with Gasteiger partial charge in [-0.05, 0) is 0 Å². The fourth-order valence-electron chi connectivity index (χ4n) is 1.43. The van der Waals surface area contributed by atoms with Gasteiger partial charge in [-0.25, -0.2) is 4.98 Å². The number of nitrogens with one attached hydrogen (secondary N) is 1. The first kappa shape index (κ1) is 12.4. The highest BCUT2D eigenvalue weighted by atomic mass is 16.4. The van der Waals surface area contributed by atoms with Gasteiger partial charge in [-0.2, -0.15) is 0 Å². The van der Waals surface area contributed by atoms with Gasteiger partial charge < -0.3 is 10.1 Å². The standard InChI is InChI=1S/C11H16N2O3/c1-11(2,3)9(14)8(10(15)16)4-7-5-12-6-13-7/h5-6,8H,4H2,1-3H3,(H,12,13)(H,15,16). The number of aromatic amines is 1. The van der Waals surface area contributed by atoms with Gasteiger partial charge in [0.15, 0.2) is 5.78 Å². The Balaban J connectivity index is 2.84. The molecule has 16 heavy (non-hydrogen) atoms. The molecule has 0 aromatic carbocycles. The van der Waals surface area contributed by atoms with Gasteiger partial charge in [-0.15, -0.1) is 0 Å². The summed E-state index contributed by atoms with van der Waals surface area (Å²) in [6.45, 7) is 5.16. The Morgan fingerprint density at radius 1 is 1.50 bits per heavy atom. The van der Waals surface area contributed by atoms with Gasteiger partial charge in [0, 0.05) is 23.7 Å². The number of hydrogen-bond acceptors (Lipinski definition) is 3. The highest BCUT2D eigenvalue weighted by Gasteiger charge is 2.34. The van der Waals surface area contributed by atoms with Crippen LogP contribution in [0, 0.1) is 11.3 Å². The van der Waals surface area contributed by atoms with Crippen LogP contribution < -0.4 is 0 Å². The Morgan fingerprint density at radius 2 is 2.12 bits per heavy atom. The molecule has 0 aliphatic carbocycles. The number of carboxylic acid groups (broad SMARTS) is 1. The average Bonchev–Trinajstić information content (AvgIpc) is 2.63. The van der Waals surface area contributed by atoms with Gasteiger partial charge in [-0.1, -0.05) is 20.8 Å². The van der Waals surface area contributed by atoms with Crippen molar-refractivity contribution in [3.63, 3.8) is 0 Å². The molecule has 1 aromatic rings. The van der Waals surface area contributed by atoms with Gasteiger partial charge in [0.1, 0.15) is 5.92 Å². The molecule has 0 saturated carbocycles. The van der Waals surface area contributed by atoms with E-state index < -0.39 is 17.3 Å². The molecule has 1 aromatic heterocycles. The van der Waals surface area contributed by atoms with E-state index in [1.165, 1.54) is 12.5 Å². The lowest BCUT2D eigenvalue weighted by molar-refractivity contribution is -0.149. The van der Waals surface area contributed by atoms with Crippen molar-refractivity contribution >= 4 is 11.8 Å². The first-order valence-corrected chi connectivity index (χ1v) is 5.06. The minimum absolute atomic E-state index is 0.158. The maximum Gasteiger partial charge on any atom is 0.314 e. The quantitative estimate of drug-likeness (QED) is 0.754. The van der Waals surface area contributed by atoms with Gasteiger partial charge >= 0.3 is 5.97 Å². The van der Waals surface area contributed by atoms with E-state index in [2.05, 4.69) is 9.97 Å². The molecule has 0 amide bonds. The van der Waals surface area contributed by atoms with Crippen molar-refractivity contribution in [3.8, 4) is 0 Å². The van der Waals surface area contributed by atoms with E-state index in [4.69, 9.17) is 5.11 Å². The molecule has 5 nitrogen and oxygen atoms in total. The summed E-state index contributed by atoms with van der Waals surface area (Å²) in [5.41, 5.74) is 0.00768. The fraction of sp³-hybridized carbons (Fsp3) is 0.545. The highest BCUT2D eigenvalue weighted by Crippen LogP contribution is 2.22. The lowest BCUT2D eigenvalue weighted by Crippen LogP contribution is -2.35. The fourth-order valence-corrected chi connectivity index (χ4v) is 1.43. The molecule has 0 saturated heterocycles. The van der Waals surface area contributed by atoms with E-state index in [0.717, 1.165) is 0 Å². The van der Waals surface area contributed by atoms with Crippen LogP contribution in [-0.4, -0.2) is 26.8 Å². The number of carbonyl (C=O) groups is 2. The maximum atomic E-state index is 11.9. The van der Waals surface area contributed by atoms with Crippen molar-refractivity contribution in [2.45, 2.75) is 27.2 Å². The van der Waals surface area contributed by atoms with Crippen molar-refractivity contribution in [2.75, 3.05) is 0 Å². The van der Waals surface area contributed by atoms with Gasteiger partial charge in [-0.3, -0.25) is 9.59 Å². The lowest BCUT2D eigenvalue weighted by atomic mass is 9.81. The molecule has 1 heterocycles. The van der Waals surface area contributed by atoms with E-state index in [1.807, 2.05) is 0 Å². The number of carbonyl (C=O) groups excluding carboxylic acids is 1. The van der Waals surface area contributed by atoms with E-state index in [-0.39, 0.29) is 12.2 Å². The van der Waals surface area contributed by atoms with Crippen molar-refractivity contribution in [3.05, 3.63) is 18.2 Å². The summed E-state index contributed by atoms with van der Waals surface area (Å²) in [6, 6.07) is 0. The van der Waals surface area contributed by atoms with Crippen LogP contribution in [0.1, 0.15) is 26.5 Å². The molecular formula is C11H16N2O3. The minimum Gasteiger partial charge on any atom is -0.481 e. The third-order valence-electron chi connectivity index (χ3n) is 2.33. The summed E-state index contributed by atoms with van der Waals surface area (Å²) in [7, 11) is 0. The Bertz CT molecular complexity index is 376. The number of hydrogen-bond donors (Lipinski definition) is 2. The number of Topliss-reactive ketones (excluding diaryl/α,β-unsaturated/α-hetero) is 1. The monoisotopic (exact) mass is 224 g/mol. The van der Waals surface area contributed by atoms with Crippen LogP contribution in [0.2, 0.25) is 0 Å². The smallest absolute Gasteiger partial charge is 0.314 e. The van der Waals surface area contributed by atoms with E-state index in [0.29, 0.717) is 5.69 Å². The molecule has 0 spiro atoms. The van der Waals surface area contributed by atoms with Crippen molar-refractivity contribution in [1.29, 1.82) is 0 Å².